The van der Waals surface area contributed by atoms with Gasteiger partial charge in [-0.3, -0.25) is 0 Å². The average Bonchev–Trinajstić information content (AvgIpc) is 2.85. The van der Waals surface area contributed by atoms with Crippen LogP contribution in [0.5, 0.6) is 5.75 Å². The number of aryl methyl sites for hydroxylation is 1. The smallest absolute Gasteiger partial charge is 0.348 e. The van der Waals surface area contributed by atoms with Gasteiger partial charge in [-0.25, -0.2) is 14.8 Å². The summed E-state index contributed by atoms with van der Waals surface area (Å²) in [5.74, 6) is 0.357. The van der Waals surface area contributed by atoms with Crippen LogP contribution in [0.2, 0.25) is 0 Å². The second kappa shape index (κ2) is 5.61. The Bertz CT molecular complexity index is 860. The molecule has 0 unspecified atom stereocenters. The number of phenolic OH excluding ortho intramolecular Hbond substituents is 1. The number of aromatic hydroxyl groups is 1. The lowest BCUT2D eigenvalue weighted by molar-refractivity contribution is 0.0605. The van der Waals surface area contributed by atoms with Crippen molar-refractivity contribution in [3.05, 3.63) is 41.0 Å². The van der Waals surface area contributed by atoms with Crippen molar-refractivity contribution in [1.82, 2.24) is 9.97 Å². The number of esters is 1. The van der Waals surface area contributed by atoms with E-state index in [4.69, 9.17) is 4.74 Å². The number of hydrogen-bond acceptors (Lipinski definition) is 7. The van der Waals surface area contributed by atoms with Crippen LogP contribution in [0.25, 0.3) is 10.2 Å². The van der Waals surface area contributed by atoms with Gasteiger partial charge in [-0.05, 0) is 24.6 Å². The highest BCUT2D eigenvalue weighted by molar-refractivity contribution is 7.20. The van der Waals surface area contributed by atoms with Crippen molar-refractivity contribution in [1.29, 1.82) is 0 Å². The van der Waals surface area contributed by atoms with Gasteiger partial charge in [0.15, 0.2) is 0 Å². The van der Waals surface area contributed by atoms with Gasteiger partial charge in [0.1, 0.15) is 27.6 Å². The molecule has 2 N–H and O–H groups in total. The summed E-state index contributed by atoms with van der Waals surface area (Å²) in [6.07, 6.45) is 1.43. The van der Waals surface area contributed by atoms with Crippen LogP contribution in [0.4, 0.5) is 11.5 Å². The molecule has 0 bridgehead atoms. The van der Waals surface area contributed by atoms with E-state index in [1.54, 1.807) is 18.2 Å². The Labute approximate surface area is 130 Å². The maximum Gasteiger partial charge on any atom is 0.348 e. The van der Waals surface area contributed by atoms with Gasteiger partial charge in [-0.15, -0.1) is 11.3 Å². The predicted molar refractivity (Wildman–Crippen MR) is 84.9 cm³/mol. The van der Waals surface area contributed by atoms with Crippen LogP contribution in [0.1, 0.15) is 15.2 Å². The topological polar surface area (TPSA) is 84.3 Å². The third kappa shape index (κ3) is 2.46. The standard InChI is InChI=1S/C15H13N3O3S/c1-8-11-13(18-9-4-3-5-10(19)6-9)16-7-17-14(11)22-12(8)15(20)21-2/h3-7,19H,1-2H3,(H,16,17,18). The number of anilines is 2. The van der Waals surface area contributed by atoms with Gasteiger partial charge in [0.05, 0.1) is 12.5 Å². The van der Waals surface area contributed by atoms with E-state index in [9.17, 15) is 9.90 Å². The highest BCUT2D eigenvalue weighted by atomic mass is 32.1. The number of nitrogens with one attached hydrogen (secondary N) is 1. The van der Waals surface area contributed by atoms with Crippen LogP contribution >= 0.6 is 11.3 Å². The number of phenols is 1. The van der Waals surface area contributed by atoms with Gasteiger partial charge < -0.3 is 15.2 Å². The number of carbonyl (C=O) groups is 1. The number of methoxy groups -OCH3 is 1. The summed E-state index contributed by atoms with van der Waals surface area (Å²) in [5, 5.41) is 13.5. The summed E-state index contributed by atoms with van der Waals surface area (Å²) in [4.78, 5) is 21.5. The minimum absolute atomic E-state index is 0.160. The van der Waals surface area contributed by atoms with E-state index < -0.39 is 0 Å². The number of aromatic nitrogens is 2. The van der Waals surface area contributed by atoms with Crippen LogP contribution in [0, 0.1) is 6.92 Å². The molecule has 6 nitrogen and oxygen atoms in total. The molecule has 0 aliphatic heterocycles. The first-order valence-corrected chi connectivity index (χ1v) is 7.30. The zero-order chi connectivity index (χ0) is 15.7. The third-order valence-electron chi connectivity index (χ3n) is 3.21. The molecule has 0 radical (unpaired) electrons. The molecule has 22 heavy (non-hydrogen) atoms. The van der Waals surface area contributed by atoms with Crippen LogP contribution in [-0.4, -0.2) is 28.2 Å². The molecule has 3 rings (SSSR count). The molecule has 2 aromatic heterocycles. The van der Waals surface area contributed by atoms with E-state index in [-0.39, 0.29) is 11.7 Å². The Balaban J connectivity index is 2.10. The van der Waals surface area contributed by atoms with Crippen molar-refractivity contribution in [3.63, 3.8) is 0 Å². The lowest BCUT2D eigenvalue weighted by atomic mass is 10.2. The Kier molecular flexibility index (Phi) is 3.64. The molecular weight excluding hydrogens is 302 g/mol. The van der Waals surface area contributed by atoms with Gasteiger partial charge in [0.25, 0.3) is 0 Å². The maximum atomic E-state index is 11.8. The van der Waals surface area contributed by atoms with Crippen molar-refractivity contribution < 1.29 is 14.6 Å². The number of fused-ring (bicyclic) bond motifs is 1. The predicted octanol–water partition coefficient (Wildman–Crippen LogP) is 3.24. The van der Waals surface area contributed by atoms with Gasteiger partial charge in [0, 0.05) is 11.8 Å². The first-order valence-electron chi connectivity index (χ1n) is 6.48. The molecule has 112 valence electrons. The van der Waals surface area contributed by atoms with Gasteiger partial charge in [0.2, 0.25) is 0 Å². The van der Waals surface area contributed by atoms with E-state index in [1.807, 2.05) is 13.0 Å². The second-order valence-corrected chi connectivity index (χ2v) is 5.62. The Hall–Kier alpha value is -2.67. The van der Waals surface area contributed by atoms with Gasteiger partial charge in [-0.1, -0.05) is 6.07 Å². The van der Waals surface area contributed by atoms with Crippen LogP contribution in [-0.2, 0) is 4.74 Å². The van der Waals surface area contributed by atoms with Crippen LogP contribution in [0.15, 0.2) is 30.6 Å². The zero-order valence-corrected chi connectivity index (χ0v) is 12.8. The maximum absolute atomic E-state index is 11.8. The minimum Gasteiger partial charge on any atom is -0.508 e. The zero-order valence-electron chi connectivity index (χ0n) is 12.0. The van der Waals surface area contributed by atoms with Crippen molar-refractivity contribution >= 4 is 39.0 Å². The molecule has 0 amide bonds. The fourth-order valence-corrected chi connectivity index (χ4v) is 3.24. The van der Waals surface area contributed by atoms with Crippen LogP contribution < -0.4 is 5.32 Å². The van der Waals surface area contributed by atoms with Crippen LogP contribution in [0.3, 0.4) is 0 Å². The molecule has 1 aromatic carbocycles. The van der Waals surface area contributed by atoms with E-state index in [0.717, 1.165) is 10.9 Å². The van der Waals surface area contributed by atoms with E-state index in [1.165, 1.54) is 24.8 Å². The number of ether oxygens (including phenoxy) is 1. The Morgan fingerprint density at radius 2 is 2.18 bits per heavy atom. The van der Waals surface area contributed by atoms with E-state index in [2.05, 4.69) is 15.3 Å². The van der Waals surface area contributed by atoms with Gasteiger partial charge in [-0.2, -0.15) is 0 Å². The molecule has 7 heteroatoms. The largest absolute Gasteiger partial charge is 0.508 e. The Morgan fingerprint density at radius 3 is 2.91 bits per heavy atom. The highest BCUT2D eigenvalue weighted by Crippen LogP contribution is 2.34. The highest BCUT2D eigenvalue weighted by Gasteiger charge is 2.19. The summed E-state index contributed by atoms with van der Waals surface area (Å²) in [6, 6.07) is 6.73. The molecule has 0 aliphatic rings. The lowest BCUT2D eigenvalue weighted by Crippen LogP contribution is -2.00. The molecular formula is C15H13N3O3S. The number of benzene rings is 1. The minimum atomic E-state index is -0.385. The molecule has 2 heterocycles. The molecule has 0 spiro atoms. The summed E-state index contributed by atoms with van der Waals surface area (Å²) in [7, 11) is 1.35. The fraction of sp³-hybridized carbons (Fsp3) is 0.133. The molecule has 0 atom stereocenters. The molecule has 0 fully saturated rings. The number of thiophene rings is 1. The summed E-state index contributed by atoms with van der Waals surface area (Å²) >= 11 is 1.27. The van der Waals surface area contributed by atoms with E-state index in [0.29, 0.717) is 21.2 Å². The van der Waals surface area contributed by atoms with E-state index >= 15 is 0 Å². The number of carbonyl (C=O) groups excluding carboxylic acids is 1. The number of rotatable bonds is 3. The first-order chi connectivity index (χ1) is 10.6. The first kappa shape index (κ1) is 14.3. The number of nitrogens with zero attached hydrogens (tertiary/aromatic N) is 2. The summed E-state index contributed by atoms with van der Waals surface area (Å²) in [6.45, 7) is 1.84. The molecule has 0 aliphatic carbocycles. The SMILES string of the molecule is COC(=O)c1sc2ncnc(Nc3cccc(O)c3)c2c1C. The summed E-state index contributed by atoms with van der Waals surface area (Å²) in [5.41, 5.74) is 1.47. The quantitative estimate of drug-likeness (QED) is 0.722. The number of hydrogen-bond donors (Lipinski definition) is 2. The van der Waals surface area contributed by atoms with Crippen molar-refractivity contribution in [2.75, 3.05) is 12.4 Å². The van der Waals surface area contributed by atoms with Crippen molar-refractivity contribution in [2.45, 2.75) is 6.92 Å². The molecule has 3 aromatic rings. The summed E-state index contributed by atoms with van der Waals surface area (Å²) < 4.78 is 4.79. The monoisotopic (exact) mass is 315 g/mol. The normalized spacial score (nSPS) is 10.6. The van der Waals surface area contributed by atoms with Crippen molar-refractivity contribution in [3.8, 4) is 5.75 Å². The average molecular weight is 315 g/mol. The molecule has 0 saturated heterocycles. The second-order valence-electron chi connectivity index (χ2n) is 4.63. The fourth-order valence-electron chi connectivity index (χ4n) is 2.17. The molecule has 0 saturated carbocycles. The third-order valence-corrected chi connectivity index (χ3v) is 4.39. The van der Waals surface area contributed by atoms with Crippen molar-refractivity contribution in [2.24, 2.45) is 0 Å². The van der Waals surface area contributed by atoms with Gasteiger partial charge >= 0.3 is 5.97 Å². The lowest BCUT2D eigenvalue weighted by Gasteiger charge is -2.07. The Morgan fingerprint density at radius 1 is 1.36 bits per heavy atom.